The maximum Gasteiger partial charge on any atom is 0.242 e. The van der Waals surface area contributed by atoms with Crippen LogP contribution < -0.4 is 10.5 Å². The van der Waals surface area contributed by atoms with Gasteiger partial charge in [0.15, 0.2) is 0 Å². The van der Waals surface area contributed by atoms with E-state index in [-0.39, 0.29) is 16.6 Å². The van der Waals surface area contributed by atoms with Crippen LogP contribution in [0.1, 0.15) is 32.6 Å². The summed E-state index contributed by atoms with van der Waals surface area (Å²) in [4.78, 5) is 0.161. The minimum Gasteiger partial charge on any atom is -0.398 e. The average molecular weight is 347 g/mol. The number of hydrogen-bond acceptors (Lipinski definition) is 3. The Morgan fingerprint density at radius 1 is 1.32 bits per heavy atom. The summed E-state index contributed by atoms with van der Waals surface area (Å²) < 4.78 is 28.3. The van der Waals surface area contributed by atoms with Gasteiger partial charge in [0.25, 0.3) is 0 Å². The lowest BCUT2D eigenvalue weighted by Gasteiger charge is -2.29. The van der Waals surface area contributed by atoms with Gasteiger partial charge in [-0.15, -0.1) is 0 Å². The molecule has 3 N–H and O–H groups in total. The fraction of sp³-hybridized carbons (Fsp3) is 0.538. The van der Waals surface area contributed by atoms with E-state index < -0.39 is 10.0 Å². The highest BCUT2D eigenvalue weighted by Crippen LogP contribution is 2.27. The molecule has 4 nitrogen and oxygen atoms in total. The minimum atomic E-state index is -3.54. The van der Waals surface area contributed by atoms with Crippen molar-refractivity contribution in [1.82, 2.24) is 4.72 Å². The molecule has 1 aromatic rings. The van der Waals surface area contributed by atoms with Gasteiger partial charge in [0.05, 0.1) is 5.69 Å². The first-order valence-electron chi connectivity index (χ1n) is 6.47. The van der Waals surface area contributed by atoms with Gasteiger partial charge in [0.1, 0.15) is 4.90 Å². The molecular weight excluding hydrogens is 328 g/mol. The quantitative estimate of drug-likeness (QED) is 0.826. The zero-order valence-corrected chi connectivity index (χ0v) is 13.3. The van der Waals surface area contributed by atoms with Gasteiger partial charge in [0, 0.05) is 10.5 Å². The van der Waals surface area contributed by atoms with Gasteiger partial charge < -0.3 is 5.73 Å². The molecule has 0 radical (unpaired) electrons. The van der Waals surface area contributed by atoms with Crippen molar-refractivity contribution in [2.24, 2.45) is 5.92 Å². The predicted octanol–water partition coefficient (Wildman–Crippen LogP) is 2.89. The molecular formula is C13H19BrN2O2S. The molecule has 2 unspecified atom stereocenters. The topological polar surface area (TPSA) is 72.2 Å². The van der Waals surface area contributed by atoms with E-state index in [1.54, 1.807) is 12.1 Å². The molecule has 0 bridgehead atoms. The number of sulfonamides is 1. The number of halogens is 1. The van der Waals surface area contributed by atoms with Crippen molar-refractivity contribution in [3.8, 4) is 0 Å². The summed E-state index contributed by atoms with van der Waals surface area (Å²) in [7, 11) is -3.54. The molecule has 1 aliphatic carbocycles. The zero-order chi connectivity index (χ0) is 14.0. The summed E-state index contributed by atoms with van der Waals surface area (Å²) in [5, 5.41) is 0. The second-order valence-electron chi connectivity index (χ2n) is 5.17. The summed E-state index contributed by atoms with van der Waals surface area (Å²) >= 11 is 3.28. The van der Waals surface area contributed by atoms with Crippen molar-refractivity contribution in [2.75, 3.05) is 5.73 Å². The summed E-state index contributed by atoms with van der Waals surface area (Å²) in [6, 6.07) is 4.85. The minimum absolute atomic E-state index is 0.0156. The van der Waals surface area contributed by atoms with Gasteiger partial charge in [0.2, 0.25) is 10.0 Å². The summed E-state index contributed by atoms with van der Waals surface area (Å²) in [5.41, 5.74) is 6.07. The highest BCUT2D eigenvalue weighted by Gasteiger charge is 2.27. The van der Waals surface area contributed by atoms with E-state index in [9.17, 15) is 8.42 Å². The third-order valence-electron chi connectivity index (χ3n) is 3.68. The van der Waals surface area contributed by atoms with Crippen LogP contribution in [0, 0.1) is 5.92 Å². The molecule has 19 heavy (non-hydrogen) atoms. The van der Waals surface area contributed by atoms with Crippen molar-refractivity contribution >= 4 is 31.6 Å². The Kier molecular flexibility index (Phi) is 4.53. The Morgan fingerprint density at radius 2 is 2.00 bits per heavy atom. The Labute approximate surface area is 122 Å². The molecule has 2 atom stereocenters. The van der Waals surface area contributed by atoms with E-state index in [0.717, 1.165) is 23.7 Å². The van der Waals surface area contributed by atoms with E-state index >= 15 is 0 Å². The molecule has 6 heteroatoms. The van der Waals surface area contributed by atoms with Crippen molar-refractivity contribution < 1.29 is 8.42 Å². The number of anilines is 1. The molecule has 0 amide bonds. The fourth-order valence-corrected chi connectivity index (χ4v) is 4.39. The second kappa shape index (κ2) is 5.81. The number of nitrogens with two attached hydrogens (primary N) is 1. The molecule has 1 aromatic carbocycles. The SMILES string of the molecule is CC1CCCCC1NS(=O)(=O)c1ccc(Br)cc1N. The van der Waals surface area contributed by atoms with Crippen LogP contribution in [0.3, 0.4) is 0 Å². The smallest absolute Gasteiger partial charge is 0.242 e. The van der Waals surface area contributed by atoms with E-state index in [4.69, 9.17) is 5.73 Å². The highest BCUT2D eigenvalue weighted by atomic mass is 79.9. The number of benzene rings is 1. The van der Waals surface area contributed by atoms with E-state index in [0.29, 0.717) is 5.92 Å². The number of nitrogen functional groups attached to an aromatic ring is 1. The van der Waals surface area contributed by atoms with Gasteiger partial charge in [-0.1, -0.05) is 35.7 Å². The molecule has 1 aliphatic rings. The number of hydrogen-bond donors (Lipinski definition) is 2. The second-order valence-corrected chi connectivity index (χ2v) is 7.77. The largest absolute Gasteiger partial charge is 0.398 e. The van der Waals surface area contributed by atoms with Crippen LogP contribution in [-0.4, -0.2) is 14.5 Å². The number of nitrogens with one attached hydrogen (secondary N) is 1. The third kappa shape index (κ3) is 3.49. The number of rotatable bonds is 3. The molecule has 0 aliphatic heterocycles. The Morgan fingerprint density at radius 3 is 2.63 bits per heavy atom. The van der Waals surface area contributed by atoms with Crippen LogP contribution >= 0.6 is 15.9 Å². The van der Waals surface area contributed by atoms with E-state index in [1.807, 2.05) is 0 Å². The van der Waals surface area contributed by atoms with Gasteiger partial charge >= 0.3 is 0 Å². The zero-order valence-electron chi connectivity index (χ0n) is 10.9. The van der Waals surface area contributed by atoms with Crippen LogP contribution in [0.25, 0.3) is 0 Å². The maximum absolute atomic E-state index is 12.4. The first kappa shape index (κ1) is 14.8. The summed E-state index contributed by atoms with van der Waals surface area (Å²) in [5.74, 6) is 0.375. The van der Waals surface area contributed by atoms with Crippen LogP contribution in [0.2, 0.25) is 0 Å². The molecule has 0 heterocycles. The van der Waals surface area contributed by atoms with E-state index in [2.05, 4.69) is 27.6 Å². The monoisotopic (exact) mass is 346 g/mol. The summed E-state index contributed by atoms with van der Waals surface area (Å²) in [6.45, 7) is 2.09. The Balaban J connectivity index is 2.22. The van der Waals surface area contributed by atoms with Gasteiger partial charge in [-0.25, -0.2) is 13.1 Å². The third-order valence-corrected chi connectivity index (χ3v) is 5.74. The van der Waals surface area contributed by atoms with Crippen molar-refractivity contribution in [3.05, 3.63) is 22.7 Å². The van der Waals surface area contributed by atoms with Gasteiger partial charge in [-0.3, -0.25) is 0 Å². The van der Waals surface area contributed by atoms with Crippen LogP contribution in [-0.2, 0) is 10.0 Å². The van der Waals surface area contributed by atoms with Crippen LogP contribution in [0.15, 0.2) is 27.6 Å². The highest BCUT2D eigenvalue weighted by molar-refractivity contribution is 9.10. The van der Waals surface area contributed by atoms with Crippen LogP contribution in [0.5, 0.6) is 0 Å². The molecule has 1 fully saturated rings. The van der Waals surface area contributed by atoms with Crippen LogP contribution in [0.4, 0.5) is 5.69 Å². The molecule has 0 saturated heterocycles. The molecule has 0 aromatic heterocycles. The molecule has 0 spiro atoms. The molecule has 2 rings (SSSR count). The lowest BCUT2D eigenvalue weighted by molar-refractivity contribution is 0.310. The predicted molar refractivity (Wildman–Crippen MR) is 80.3 cm³/mol. The molecule has 1 saturated carbocycles. The average Bonchev–Trinajstić information content (AvgIpc) is 2.31. The fourth-order valence-electron chi connectivity index (χ4n) is 2.52. The lowest BCUT2D eigenvalue weighted by atomic mass is 9.87. The normalized spacial score (nSPS) is 24.3. The van der Waals surface area contributed by atoms with E-state index in [1.165, 1.54) is 12.5 Å². The standard InChI is InChI=1S/C13H19BrN2O2S/c1-9-4-2-3-5-12(9)16-19(17,18)13-7-6-10(14)8-11(13)15/h6-9,12,16H,2-5,15H2,1H3. The van der Waals surface area contributed by atoms with Gasteiger partial charge in [-0.05, 0) is 37.0 Å². The van der Waals surface area contributed by atoms with Crippen molar-refractivity contribution in [2.45, 2.75) is 43.5 Å². The van der Waals surface area contributed by atoms with Crippen molar-refractivity contribution in [3.63, 3.8) is 0 Å². The summed E-state index contributed by atoms with van der Waals surface area (Å²) in [6.07, 6.45) is 4.23. The molecule has 106 valence electrons. The Bertz CT molecular complexity index is 560. The maximum atomic E-state index is 12.4. The first-order chi connectivity index (χ1) is 8.90. The Hall–Kier alpha value is -0.590. The first-order valence-corrected chi connectivity index (χ1v) is 8.75. The lowest BCUT2D eigenvalue weighted by Crippen LogP contribution is -2.41. The van der Waals surface area contributed by atoms with Gasteiger partial charge in [-0.2, -0.15) is 0 Å². The van der Waals surface area contributed by atoms with Crippen molar-refractivity contribution in [1.29, 1.82) is 0 Å².